The largest absolute Gasteiger partial charge is 0.396 e. The van der Waals surface area contributed by atoms with Gasteiger partial charge in [0.2, 0.25) is 5.91 Å². The van der Waals surface area contributed by atoms with Crippen LogP contribution in [-0.4, -0.2) is 5.91 Å². The first-order valence-electron chi connectivity index (χ1n) is 6.44. The Balaban J connectivity index is 2.26. The summed E-state index contributed by atoms with van der Waals surface area (Å²) in [6, 6.07) is 12.7. The number of anilines is 2. The molecule has 0 heterocycles. The molecule has 0 atom stereocenters. The molecule has 2 aromatic rings. The van der Waals surface area contributed by atoms with Crippen LogP contribution in [0.15, 0.2) is 42.5 Å². The van der Waals surface area contributed by atoms with E-state index in [1.54, 1.807) is 12.1 Å². The summed E-state index contributed by atoms with van der Waals surface area (Å²) in [4.78, 5) is 12.5. The van der Waals surface area contributed by atoms with E-state index in [1.165, 1.54) is 0 Å². The van der Waals surface area contributed by atoms with Crippen LogP contribution in [0, 0.1) is 0 Å². The van der Waals surface area contributed by atoms with E-state index in [0.29, 0.717) is 21.4 Å². The monoisotopic (exact) mass is 322 g/mol. The van der Waals surface area contributed by atoms with Gasteiger partial charge >= 0.3 is 0 Å². The van der Waals surface area contributed by atoms with Crippen molar-refractivity contribution in [2.75, 3.05) is 11.1 Å². The van der Waals surface area contributed by atoms with Crippen molar-refractivity contribution in [3.63, 3.8) is 0 Å². The summed E-state index contributed by atoms with van der Waals surface area (Å²) in [6.45, 7) is 3.72. The molecule has 0 saturated carbocycles. The maximum Gasteiger partial charge on any atom is 0.234 e. The van der Waals surface area contributed by atoms with Gasteiger partial charge < -0.3 is 11.1 Å². The fraction of sp³-hybridized carbons (Fsp3) is 0.188. The zero-order chi connectivity index (χ0) is 15.6. The van der Waals surface area contributed by atoms with Crippen LogP contribution in [0.2, 0.25) is 10.0 Å². The number of hydrogen-bond donors (Lipinski definition) is 2. The lowest BCUT2D eigenvalue weighted by atomic mass is 9.83. The van der Waals surface area contributed by atoms with Crippen LogP contribution in [0.4, 0.5) is 11.4 Å². The van der Waals surface area contributed by atoms with Gasteiger partial charge in [-0.25, -0.2) is 0 Å². The molecule has 110 valence electrons. The second kappa shape index (κ2) is 5.96. The van der Waals surface area contributed by atoms with Crippen LogP contribution in [0.25, 0.3) is 0 Å². The van der Waals surface area contributed by atoms with Crippen LogP contribution >= 0.6 is 23.2 Å². The van der Waals surface area contributed by atoms with Gasteiger partial charge in [0.15, 0.2) is 0 Å². The molecule has 3 nitrogen and oxygen atoms in total. The topological polar surface area (TPSA) is 55.1 Å². The van der Waals surface area contributed by atoms with Crippen LogP contribution in [-0.2, 0) is 10.2 Å². The van der Waals surface area contributed by atoms with E-state index in [-0.39, 0.29) is 5.91 Å². The van der Waals surface area contributed by atoms with Crippen molar-refractivity contribution in [3.05, 3.63) is 58.1 Å². The molecule has 2 rings (SSSR count). The standard InChI is InChI=1S/C16H16Cl2N2O/c1-16(2,10-6-4-3-5-7-10)15(21)20-11-8-12(17)14(19)13(18)9-11/h3-9H,19H2,1-2H3,(H,20,21). The Morgan fingerprint density at radius 1 is 1.10 bits per heavy atom. The highest BCUT2D eigenvalue weighted by Crippen LogP contribution is 2.32. The summed E-state index contributed by atoms with van der Waals surface area (Å²) < 4.78 is 0. The lowest BCUT2D eigenvalue weighted by Crippen LogP contribution is -2.34. The number of nitrogen functional groups attached to an aromatic ring is 1. The maximum atomic E-state index is 12.5. The summed E-state index contributed by atoms with van der Waals surface area (Å²) in [5, 5.41) is 3.46. The Kier molecular flexibility index (Phi) is 4.45. The Morgan fingerprint density at radius 2 is 1.62 bits per heavy atom. The van der Waals surface area contributed by atoms with Gasteiger partial charge in [-0.05, 0) is 31.5 Å². The van der Waals surface area contributed by atoms with Crippen LogP contribution < -0.4 is 11.1 Å². The molecule has 0 spiro atoms. The van der Waals surface area contributed by atoms with E-state index in [4.69, 9.17) is 28.9 Å². The number of nitrogens with two attached hydrogens (primary N) is 1. The van der Waals surface area contributed by atoms with Crippen LogP contribution in [0.3, 0.4) is 0 Å². The van der Waals surface area contributed by atoms with Gasteiger partial charge in [-0.1, -0.05) is 53.5 Å². The minimum absolute atomic E-state index is 0.148. The summed E-state index contributed by atoms with van der Waals surface area (Å²) >= 11 is 11.9. The molecule has 5 heteroatoms. The van der Waals surface area contributed by atoms with Gasteiger partial charge in [0.25, 0.3) is 0 Å². The molecule has 0 aliphatic heterocycles. The highest BCUT2D eigenvalue weighted by atomic mass is 35.5. The van der Waals surface area contributed by atoms with Gasteiger partial charge in [-0.3, -0.25) is 4.79 Å². The predicted octanol–water partition coefficient (Wildman–Crippen LogP) is 4.49. The smallest absolute Gasteiger partial charge is 0.234 e. The van der Waals surface area contributed by atoms with Crippen molar-refractivity contribution in [1.82, 2.24) is 0 Å². The van der Waals surface area contributed by atoms with Crippen molar-refractivity contribution in [2.24, 2.45) is 0 Å². The van der Waals surface area contributed by atoms with E-state index in [2.05, 4.69) is 5.32 Å². The molecule has 0 aliphatic rings. The molecule has 0 bridgehead atoms. The normalized spacial score (nSPS) is 11.2. The van der Waals surface area contributed by atoms with Gasteiger partial charge in [-0.2, -0.15) is 0 Å². The second-order valence-electron chi connectivity index (χ2n) is 5.30. The highest BCUT2D eigenvalue weighted by Gasteiger charge is 2.29. The molecule has 2 aromatic carbocycles. The maximum absolute atomic E-state index is 12.5. The summed E-state index contributed by atoms with van der Waals surface area (Å²) in [7, 11) is 0. The number of nitrogens with one attached hydrogen (secondary N) is 1. The molecule has 0 fully saturated rings. The number of halogens is 2. The molecule has 1 amide bonds. The number of rotatable bonds is 3. The Labute approximate surface area is 134 Å². The third kappa shape index (κ3) is 3.31. The van der Waals surface area contributed by atoms with E-state index in [1.807, 2.05) is 44.2 Å². The van der Waals surface area contributed by atoms with Crippen LogP contribution in [0.1, 0.15) is 19.4 Å². The lowest BCUT2D eigenvalue weighted by molar-refractivity contribution is -0.120. The molecule has 0 unspecified atom stereocenters. The zero-order valence-corrected chi connectivity index (χ0v) is 13.3. The Hall–Kier alpha value is -1.71. The fourth-order valence-corrected chi connectivity index (χ4v) is 2.42. The number of amides is 1. The van der Waals surface area contributed by atoms with Crippen molar-refractivity contribution in [3.8, 4) is 0 Å². The number of benzene rings is 2. The van der Waals surface area contributed by atoms with Gasteiger partial charge in [0, 0.05) is 5.69 Å². The second-order valence-corrected chi connectivity index (χ2v) is 6.11. The Morgan fingerprint density at radius 3 is 2.14 bits per heavy atom. The molecule has 0 radical (unpaired) electrons. The first kappa shape index (κ1) is 15.7. The van der Waals surface area contributed by atoms with E-state index in [0.717, 1.165) is 5.56 Å². The SMILES string of the molecule is CC(C)(C(=O)Nc1cc(Cl)c(N)c(Cl)c1)c1ccccc1. The van der Waals surface area contributed by atoms with Gasteiger partial charge in [0.05, 0.1) is 21.1 Å². The third-order valence-corrected chi connectivity index (χ3v) is 4.03. The van der Waals surface area contributed by atoms with Crippen LogP contribution in [0.5, 0.6) is 0 Å². The fourth-order valence-electron chi connectivity index (χ4n) is 1.93. The van der Waals surface area contributed by atoms with E-state index >= 15 is 0 Å². The summed E-state index contributed by atoms with van der Waals surface area (Å²) in [5.41, 5.74) is 6.75. The van der Waals surface area contributed by atoms with Gasteiger partial charge in [-0.15, -0.1) is 0 Å². The quantitative estimate of drug-likeness (QED) is 0.818. The molecule has 3 N–H and O–H groups in total. The minimum atomic E-state index is -0.679. The summed E-state index contributed by atoms with van der Waals surface area (Å²) in [5.74, 6) is -0.148. The molecule has 21 heavy (non-hydrogen) atoms. The molecule has 0 saturated heterocycles. The average molecular weight is 323 g/mol. The first-order valence-corrected chi connectivity index (χ1v) is 7.19. The van der Waals surface area contributed by atoms with E-state index in [9.17, 15) is 4.79 Å². The number of carbonyl (C=O) groups is 1. The summed E-state index contributed by atoms with van der Waals surface area (Å²) in [6.07, 6.45) is 0. The first-order chi connectivity index (χ1) is 9.82. The van der Waals surface area contributed by atoms with Crippen molar-refractivity contribution in [2.45, 2.75) is 19.3 Å². The van der Waals surface area contributed by atoms with Crippen molar-refractivity contribution < 1.29 is 4.79 Å². The highest BCUT2D eigenvalue weighted by molar-refractivity contribution is 6.39. The zero-order valence-electron chi connectivity index (χ0n) is 11.8. The average Bonchev–Trinajstić information content (AvgIpc) is 2.45. The predicted molar refractivity (Wildman–Crippen MR) is 89.0 cm³/mol. The number of hydrogen-bond acceptors (Lipinski definition) is 2. The van der Waals surface area contributed by atoms with Gasteiger partial charge in [0.1, 0.15) is 0 Å². The van der Waals surface area contributed by atoms with E-state index < -0.39 is 5.41 Å². The lowest BCUT2D eigenvalue weighted by Gasteiger charge is -2.24. The van der Waals surface area contributed by atoms with Crippen molar-refractivity contribution >= 4 is 40.5 Å². The number of carbonyl (C=O) groups excluding carboxylic acids is 1. The molecular formula is C16H16Cl2N2O. The minimum Gasteiger partial charge on any atom is -0.396 e. The Bertz CT molecular complexity index is 646. The third-order valence-electron chi connectivity index (χ3n) is 3.40. The molecule has 0 aliphatic carbocycles. The molecule has 0 aromatic heterocycles. The van der Waals surface area contributed by atoms with Crippen molar-refractivity contribution in [1.29, 1.82) is 0 Å². The molecular weight excluding hydrogens is 307 g/mol.